The summed E-state index contributed by atoms with van der Waals surface area (Å²) in [6.07, 6.45) is 1.59. The molecule has 1 aromatic rings. The number of carbonyl (C=O) groups is 1. The van der Waals surface area contributed by atoms with Gasteiger partial charge in [0, 0.05) is 25.2 Å². The van der Waals surface area contributed by atoms with E-state index in [0.29, 0.717) is 6.54 Å². The lowest BCUT2D eigenvalue weighted by Gasteiger charge is -2.20. The number of amides is 2. The fourth-order valence-corrected chi connectivity index (χ4v) is 1.73. The first-order chi connectivity index (χ1) is 9.60. The van der Waals surface area contributed by atoms with Crippen LogP contribution in [0.4, 0.5) is 13.6 Å². The van der Waals surface area contributed by atoms with Crippen molar-refractivity contribution in [1.29, 1.82) is 0 Å². The Hall–Kier alpha value is -1.95. The van der Waals surface area contributed by atoms with Gasteiger partial charge in [0.1, 0.15) is 11.6 Å². The summed E-state index contributed by atoms with van der Waals surface area (Å²) in [6.45, 7) is 3.92. The van der Waals surface area contributed by atoms with Gasteiger partial charge in [0.15, 0.2) is 0 Å². The van der Waals surface area contributed by atoms with Gasteiger partial charge in [-0.05, 0) is 18.6 Å². The molecular weight excluding hydrogens is 266 g/mol. The maximum absolute atomic E-state index is 13.4. The molecule has 110 valence electrons. The van der Waals surface area contributed by atoms with E-state index in [1.54, 1.807) is 0 Å². The van der Waals surface area contributed by atoms with Gasteiger partial charge in [0.25, 0.3) is 0 Å². The van der Waals surface area contributed by atoms with E-state index in [-0.39, 0.29) is 31.7 Å². The SMILES string of the molecule is C=CCN(CCO)C(=O)NCCc1c(F)cccc1F. The zero-order chi connectivity index (χ0) is 15.0. The topological polar surface area (TPSA) is 52.6 Å². The number of nitrogens with zero attached hydrogens (tertiary/aromatic N) is 1. The third-order valence-corrected chi connectivity index (χ3v) is 2.72. The molecule has 0 aliphatic carbocycles. The van der Waals surface area contributed by atoms with E-state index in [0.717, 1.165) is 0 Å². The average Bonchev–Trinajstić information content (AvgIpc) is 2.41. The Morgan fingerprint density at radius 2 is 2.05 bits per heavy atom. The van der Waals surface area contributed by atoms with E-state index in [1.807, 2.05) is 0 Å². The molecule has 0 bridgehead atoms. The largest absolute Gasteiger partial charge is 0.395 e. The van der Waals surface area contributed by atoms with E-state index in [9.17, 15) is 13.6 Å². The minimum atomic E-state index is -0.627. The molecule has 0 aromatic heterocycles. The van der Waals surface area contributed by atoms with Gasteiger partial charge in [-0.3, -0.25) is 0 Å². The van der Waals surface area contributed by atoms with Crippen LogP contribution in [0.1, 0.15) is 5.56 Å². The Bertz CT molecular complexity index is 446. The van der Waals surface area contributed by atoms with Crippen LogP contribution in [0, 0.1) is 11.6 Å². The first kappa shape index (κ1) is 16.1. The molecule has 0 atom stereocenters. The lowest BCUT2D eigenvalue weighted by molar-refractivity contribution is 0.184. The zero-order valence-electron chi connectivity index (χ0n) is 11.1. The molecule has 0 heterocycles. The normalized spacial score (nSPS) is 10.2. The summed E-state index contributed by atoms with van der Waals surface area (Å²) in [5.41, 5.74) is -0.0507. The molecule has 4 nitrogen and oxygen atoms in total. The highest BCUT2D eigenvalue weighted by Gasteiger charge is 2.12. The van der Waals surface area contributed by atoms with Crippen LogP contribution in [0.3, 0.4) is 0 Å². The quantitative estimate of drug-likeness (QED) is 0.749. The molecule has 1 rings (SSSR count). The minimum Gasteiger partial charge on any atom is -0.395 e. The molecule has 1 aromatic carbocycles. The van der Waals surface area contributed by atoms with Crippen molar-refractivity contribution in [1.82, 2.24) is 10.2 Å². The van der Waals surface area contributed by atoms with Gasteiger partial charge >= 0.3 is 6.03 Å². The predicted octanol–water partition coefficient (Wildman–Crippen LogP) is 1.70. The van der Waals surface area contributed by atoms with Gasteiger partial charge in [-0.1, -0.05) is 12.1 Å². The fraction of sp³-hybridized carbons (Fsp3) is 0.357. The molecule has 0 saturated carbocycles. The van der Waals surface area contributed by atoms with E-state index in [4.69, 9.17) is 5.11 Å². The molecule has 0 radical (unpaired) electrons. The zero-order valence-corrected chi connectivity index (χ0v) is 11.1. The monoisotopic (exact) mass is 284 g/mol. The molecular formula is C14H18F2N2O2. The standard InChI is InChI=1S/C14H18F2N2O2/c1-2-8-18(9-10-19)14(20)17-7-6-11-12(15)4-3-5-13(11)16/h2-5,19H,1,6-10H2,(H,17,20). The minimum absolute atomic E-state index is 0.0507. The third kappa shape index (κ3) is 4.62. The van der Waals surface area contributed by atoms with Crippen LogP contribution in [-0.2, 0) is 6.42 Å². The van der Waals surface area contributed by atoms with E-state index >= 15 is 0 Å². The Morgan fingerprint density at radius 3 is 2.60 bits per heavy atom. The summed E-state index contributed by atoms with van der Waals surface area (Å²) in [4.78, 5) is 13.1. The van der Waals surface area contributed by atoms with Crippen molar-refractivity contribution in [2.24, 2.45) is 0 Å². The Kier molecular flexibility index (Phi) is 6.66. The Labute approximate surface area is 116 Å². The number of aliphatic hydroxyl groups excluding tert-OH is 1. The highest BCUT2D eigenvalue weighted by molar-refractivity contribution is 5.74. The number of aliphatic hydroxyl groups is 1. The van der Waals surface area contributed by atoms with Crippen LogP contribution in [0.5, 0.6) is 0 Å². The Balaban J connectivity index is 2.50. The number of nitrogens with one attached hydrogen (secondary N) is 1. The lowest BCUT2D eigenvalue weighted by Crippen LogP contribution is -2.42. The molecule has 0 saturated heterocycles. The van der Waals surface area contributed by atoms with Gasteiger partial charge in [-0.2, -0.15) is 0 Å². The number of hydrogen-bond donors (Lipinski definition) is 2. The number of urea groups is 1. The van der Waals surface area contributed by atoms with Crippen LogP contribution in [-0.4, -0.2) is 42.3 Å². The summed E-state index contributed by atoms with van der Waals surface area (Å²) in [6, 6.07) is 3.24. The third-order valence-electron chi connectivity index (χ3n) is 2.72. The summed E-state index contributed by atoms with van der Waals surface area (Å²) in [7, 11) is 0. The van der Waals surface area contributed by atoms with Gasteiger partial charge in [-0.25, -0.2) is 13.6 Å². The number of carbonyl (C=O) groups excluding carboxylic acids is 1. The molecule has 0 aliphatic rings. The Morgan fingerprint density at radius 1 is 1.40 bits per heavy atom. The predicted molar refractivity (Wildman–Crippen MR) is 72.3 cm³/mol. The van der Waals surface area contributed by atoms with Crippen molar-refractivity contribution in [3.8, 4) is 0 Å². The number of rotatable bonds is 7. The number of hydrogen-bond acceptors (Lipinski definition) is 2. The summed E-state index contributed by atoms with van der Waals surface area (Å²) in [5.74, 6) is -1.25. The van der Waals surface area contributed by atoms with Crippen LogP contribution in [0.2, 0.25) is 0 Å². The second kappa shape index (κ2) is 8.27. The van der Waals surface area contributed by atoms with Crippen molar-refractivity contribution >= 4 is 6.03 Å². The molecule has 0 spiro atoms. The van der Waals surface area contributed by atoms with Crippen molar-refractivity contribution in [3.63, 3.8) is 0 Å². The molecule has 2 N–H and O–H groups in total. The van der Waals surface area contributed by atoms with Gasteiger partial charge in [0.05, 0.1) is 6.61 Å². The highest BCUT2D eigenvalue weighted by Crippen LogP contribution is 2.12. The van der Waals surface area contributed by atoms with E-state index in [1.165, 1.54) is 29.2 Å². The van der Waals surface area contributed by atoms with Crippen molar-refractivity contribution in [2.75, 3.05) is 26.2 Å². The molecule has 0 unspecified atom stereocenters. The highest BCUT2D eigenvalue weighted by atomic mass is 19.1. The van der Waals surface area contributed by atoms with Gasteiger partial charge in [0.2, 0.25) is 0 Å². The first-order valence-electron chi connectivity index (χ1n) is 6.27. The maximum Gasteiger partial charge on any atom is 0.317 e. The summed E-state index contributed by atoms with van der Waals surface area (Å²) in [5, 5.41) is 11.4. The van der Waals surface area contributed by atoms with Gasteiger partial charge < -0.3 is 15.3 Å². The van der Waals surface area contributed by atoms with Crippen molar-refractivity contribution in [2.45, 2.75) is 6.42 Å². The second-order valence-electron chi connectivity index (χ2n) is 4.14. The van der Waals surface area contributed by atoms with E-state index < -0.39 is 17.7 Å². The smallest absolute Gasteiger partial charge is 0.317 e. The van der Waals surface area contributed by atoms with Gasteiger partial charge in [-0.15, -0.1) is 6.58 Å². The summed E-state index contributed by atoms with van der Waals surface area (Å²) >= 11 is 0. The fourth-order valence-electron chi connectivity index (χ4n) is 1.73. The van der Waals surface area contributed by atoms with Crippen LogP contribution < -0.4 is 5.32 Å². The van der Waals surface area contributed by atoms with E-state index in [2.05, 4.69) is 11.9 Å². The van der Waals surface area contributed by atoms with Crippen LogP contribution in [0.15, 0.2) is 30.9 Å². The molecule has 0 fully saturated rings. The van der Waals surface area contributed by atoms with Crippen molar-refractivity contribution in [3.05, 3.63) is 48.1 Å². The maximum atomic E-state index is 13.4. The second-order valence-corrected chi connectivity index (χ2v) is 4.14. The van der Waals surface area contributed by atoms with Crippen molar-refractivity contribution < 1.29 is 18.7 Å². The first-order valence-corrected chi connectivity index (χ1v) is 6.27. The molecule has 2 amide bonds. The van der Waals surface area contributed by atoms with Crippen LogP contribution >= 0.6 is 0 Å². The average molecular weight is 284 g/mol. The molecule has 0 aliphatic heterocycles. The number of halogens is 2. The van der Waals surface area contributed by atoms with Crippen LogP contribution in [0.25, 0.3) is 0 Å². The number of benzene rings is 1. The molecule has 6 heteroatoms. The lowest BCUT2D eigenvalue weighted by atomic mass is 10.1. The summed E-state index contributed by atoms with van der Waals surface area (Å²) < 4.78 is 26.7. The molecule has 20 heavy (non-hydrogen) atoms.